The average Bonchev–Trinajstić information content (AvgIpc) is 2.40. The van der Waals surface area contributed by atoms with E-state index in [1.54, 1.807) is 0 Å². The number of halogens is 1. The van der Waals surface area contributed by atoms with Crippen molar-refractivity contribution in [2.24, 2.45) is 0 Å². The number of rotatable bonds is 2. The summed E-state index contributed by atoms with van der Waals surface area (Å²) in [5, 5.41) is 0.873. The molecule has 0 aliphatic heterocycles. The maximum Gasteiger partial charge on any atom is 0.0440 e. The van der Waals surface area contributed by atoms with Crippen molar-refractivity contribution >= 4 is 11.6 Å². The van der Waals surface area contributed by atoms with Crippen LogP contribution in [0.25, 0.3) is 0 Å². The molecule has 0 saturated carbocycles. The molecule has 22 heavy (non-hydrogen) atoms. The third-order valence-electron chi connectivity index (χ3n) is 3.34. The van der Waals surface area contributed by atoms with E-state index in [0.717, 1.165) is 5.02 Å². The first-order valence-electron chi connectivity index (χ1n) is 7.23. The second-order valence-electron chi connectivity index (χ2n) is 5.69. The van der Waals surface area contributed by atoms with Gasteiger partial charge in [-0.1, -0.05) is 96.6 Å². The van der Waals surface area contributed by atoms with Gasteiger partial charge in [0.05, 0.1) is 0 Å². The minimum absolute atomic E-state index is 0. The van der Waals surface area contributed by atoms with E-state index in [2.05, 4.69) is 65.0 Å². The monoisotopic (exact) mass is 320 g/mol. The van der Waals surface area contributed by atoms with Gasteiger partial charge in [-0.05, 0) is 41.5 Å². The summed E-state index contributed by atoms with van der Waals surface area (Å²) in [6.45, 7) is 10.9. The van der Waals surface area contributed by atoms with Crippen molar-refractivity contribution in [2.45, 2.75) is 61.3 Å². The lowest BCUT2D eigenvalue weighted by atomic mass is 9.99. The quantitative estimate of drug-likeness (QED) is 0.528. The Hall–Kier alpha value is -1.27. The van der Waals surface area contributed by atoms with Crippen molar-refractivity contribution in [2.75, 3.05) is 0 Å². The SMILES string of the molecule is C.C.CC(C)c1ccccc1Cl.Cc1ccccc1C(C)C. The molecule has 0 nitrogen and oxygen atoms in total. The fraction of sp³-hybridized carbons (Fsp3) is 0.429. The second kappa shape index (κ2) is 11.3. The summed E-state index contributed by atoms with van der Waals surface area (Å²) < 4.78 is 0. The second-order valence-corrected chi connectivity index (χ2v) is 6.09. The van der Waals surface area contributed by atoms with E-state index in [-0.39, 0.29) is 14.9 Å². The molecule has 0 bridgehead atoms. The topological polar surface area (TPSA) is 0 Å². The molecule has 0 aliphatic carbocycles. The summed E-state index contributed by atoms with van der Waals surface area (Å²) in [4.78, 5) is 0. The molecule has 0 atom stereocenters. The zero-order chi connectivity index (χ0) is 15.1. The average molecular weight is 321 g/mol. The standard InChI is InChI=1S/C10H14.C9H11Cl.2CH4/c1-8(2)10-7-5-4-6-9(10)3;1-7(2)8-5-3-4-6-9(8)10;;/h4-8H,1-3H3;3-7H,1-2H3;2*1H4. The number of hydrogen-bond donors (Lipinski definition) is 0. The van der Waals surface area contributed by atoms with Crippen molar-refractivity contribution in [3.63, 3.8) is 0 Å². The van der Waals surface area contributed by atoms with Gasteiger partial charge in [0, 0.05) is 5.02 Å². The number of benzene rings is 2. The summed E-state index contributed by atoms with van der Waals surface area (Å²) in [6.07, 6.45) is 0. The van der Waals surface area contributed by atoms with Crippen LogP contribution in [0.1, 0.15) is 71.1 Å². The summed E-state index contributed by atoms with van der Waals surface area (Å²) in [7, 11) is 0. The van der Waals surface area contributed by atoms with Crippen LogP contribution in [0.2, 0.25) is 5.02 Å². The van der Waals surface area contributed by atoms with Gasteiger partial charge in [0.1, 0.15) is 0 Å². The Morgan fingerprint density at radius 1 is 0.682 bits per heavy atom. The normalized spacial score (nSPS) is 9.45. The van der Waals surface area contributed by atoms with Crippen LogP contribution in [0.5, 0.6) is 0 Å². The highest BCUT2D eigenvalue weighted by atomic mass is 35.5. The first-order valence-corrected chi connectivity index (χ1v) is 7.61. The Labute approximate surface area is 143 Å². The molecule has 0 saturated heterocycles. The molecule has 0 unspecified atom stereocenters. The molecular formula is C21H33Cl. The summed E-state index contributed by atoms with van der Waals surface area (Å²) in [5.41, 5.74) is 4.09. The lowest BCUT2D eigenvalue weighted by Gasteiger charge is -2.07. The predicted octanol–water partition coefficient (Wildman–Crippen LogP) is 7.85. The molecule has 0 aliphatic rings. The van der Waals surface area contributed by atoms with E-state index in [1.165, 1.54) is 16.7 Å². The third kappa shape index (κ3) is 7.13. The van der Waals surface area contributed by atoms with Crippen molar-refractivity contribution in [1.82, 2.24) is 0 Å². The van der Waals surface area contributed by atoms with Crippen LogP contribution in [0.4, 0.5) is 0 Å². The van der Waals surface area contributed by atoms with Gasteiger partial charge in [0.25, 0.3) is 0 Å². The van der Waals surface area contributed by atoms with Crippen molar-refractivity contribution < 1.29 is 0 Å². The van der Waals surface area contributed by atoms with E-state index in [1.807, 2.05) is 18.2 Å². The number of hydrogen-bond acceptors (Lipinski definition) is 0. The summed E-state index contributed by atoms with van der Waals surface area (Å²) in [5.74, 6) is 1.18. The van der Waals surface area contributed by atoms with E-state index in [4.69, 9.17) is 11.6 Å². The molecule has 0 spiro atoms. The first-order chi connectivity index (χ1) is 9.43. The molecule has 0 radical (unpaired) electrons. The highest BCUT2D eigenvalue weighted by Gasteiger charge is 2.01. The fourth-order valence-corrected chi connectivity index (χ4v) is 2.53. The smallest absolute Gasteiger partial charge is 0.0440 e. The van der Waals surface area contributed by atoms with E-state index in [9.17, 15) is 0 Å². The first kappa shape index (κ1) is 23.0. The maximum atomic E-state index is 5.92. The van der Waals surface area contributed by atoms with Gasteiger partial charge in [-0.15, -0.1) is 0 Å². The van der Waals surface area contributed by atoms with Gasteiger partial charge in [0.2, 0.25) is 0 Å². The Kier molecular flexibility index (Phi) is 11.8. The Bertz CT molecular complexity index is 477. The summed E-state index contributed by atoms with van der Waals surface area (Å²) >= 11 is 5.92. The molecule has 0 fully saturated rings. The Morgan fingerprint density at radius 3 is 1.41 bits per heavy atom. The Morgan fingerprint density at radius 2 is 1.09 bits per heavy atom. The van der Waals surface area contributed by atoms with Gasteiger partial charge in [-0.2, -0.15) is 0 Å². The Balaban J connectivity index is 0. The molecule has 0 heterocycles. The van der Waals surface area contributed by atoms with Crippen LogP contribution >= 0.6 is 11.6 Å². The summed E-state index contributed by atoms with van der Waals surface area (Å²) in [6, 6.07) is 16.5. The molecule has 0 N–H and O–H groups in total. The predicted molar refractivity (Wildman–Crippen MR) is 104 cm³/mol. The molecule has 2 rings (SSSR count). The van der Waals surface area contributed by atoms with Crippen molar-refractivity contribution in [3.05, 3.63) is 70.2 Å². The van der Waals surface area contributed by atoms with Crippen LogP contribution in [-0.4, -0.2) is 0 Å². The van der Waals surface area contributed by atoms with Gasteiger partial charge in [-0.3, -0.25) is 0 Å². The van der Waals surface area contributed by atoms with Gasteiger partial charge < -0.3 is 0 Å². The minimum atomic E-state index is 0. The molecule has 1 heteroatoms. The minimum Gasteiger partial charge on any atom is -0.0840 e. The highest BCUT2D eigenvalue weighted by Crippen LogP contribution is 2.22. The zero-order valence-electron chi connectivity index (χ0n) is 13.2. The van der Waals surface area contributed by atoms with E-state index in [0.29, 0.717) is 11.8 Å². The lowest BCUT2D eigenvalue weighted by Crippen LogP contribution is -1.89. The van der Waals surface area contributed by atoms with E-state index >= 15 is 0 Å². The number of aryl methyl sites for hydroxylation is 1. The van der Waals surface area contributed by atoms with Crippen molar-refractivity contribution in [1.29, 1.82) is 0 Å². The van der Waals surface area contributed by atoms with E-state index < -0.39 is 0 Å². The lowest BCUT2D eigenvalue weighted by molar-refractivity contribution is 0.856. The van der Waals surface area contributed by atoms with Crippen LogP contribution in [0.15, 0.2) is 48.5 Å². The molecule has 2 aromatic rings. The van der Waals surface area contributed by atoms with Crippen molar-refractivity contribution in [3.8, 4) is 0 Å². The van der Waals surface area contributed by atoms with Crippen LogP contribution in [-0.2, 0) is 0 Å². The largest absolute Gasteiger partial charge is 0.0840 e. The molecule has 2 aromatic carbocycles. The van der Waals surface area contributed by atoms with Crippen LogP contribution in [0, 0.1) is 6.92 Å². The third-order valence-corrected chi connectivity index (χ3v) is 3.68. The fourth-order valence-electron chi connectivity index (χ4n) is 2.18. The van der Waals surface area contributed by atoms with Gasteiger partial charge in [0.15, 0.2) is 0 Å². The molecular weight excluding hydrogens is 288 g/mol. The molecule has 0 amide bonds. The van der Waals surface area contributed by atoms with Gasteiger partial charge >= 0.3 is 0 Å². The molecule has 0 aromatic heterocycles. The zero-order valence-corrected chi connectivity index (χ0v) is 13.9. The van der Waals surface area contributed by atoms with Crippen LogP contribution < -0.4 is 0 Å². The van der Waals surface area contributed by atoms with Crippen LogP contribution in [0.3, 0.4) is 0 Å². The maximum absolute atomic E-state index is 5.92. The van der Waals surface area contributed by atoms with Gasteiger partial charge in [-0.25, -0.2) is 0 Å². The molecule has 124 valence electrons. The highest BCUT2D eigenvalue weighted by molar-refractivity contribution is 6.31.